The SMILES string of the molecule is COc1cccc(/C=C2/SC(=S)N(c3ccc(N(C)C)cc3)C2=O)c1OCc1ccc(Cl)cc1Cl. The highest BCUT2D eigenvalue weighted by Gasteiger charge is 2.33. The Morgan fingerprint density at radius 2 is 1.83 bits per heavy atom. The summed E-state index contributed by atoms with van der Waals surface area (Å²) in [6, 6.07) is 18.4. The Bertz CT molecular complexity index is 1310. The molecular weight excluding hydrogens is 523 g/mol. The first kappa shape index (κ1) is 25.4. The number of benzene rings is 3. The van der Waals surface area contributed by atoms with Crippen LogP contribution in [0.2, 0.25) is 10.0 Å². The van der Waals surface area contributed by atoms with Crippen LogP contribution in [0.25, 0.3) is 6.08 Å². The fourth-order valence-electron chi connectivity index (χ4n) is 3.48. The lowest BCUT2D eigenvalue weighted by Gasteiger charge is -2.17. The van der Waals surface area contributed by atoms with Crippen molar-refractivity contribution in [2.24, 2.45) is 0 Å². The third-order valence-electron chi connectivity index (χ3n) is 5.32. The fraction of sp³-hybridized carbons (Fsp3) is 0.154. The third-order valence-corrected chi connectivity index (χ3v) is 7.21. The fourth-order valence-corrected chi connectivity index (χ4v) is 5.23. The van der Waals surface area contributed by atoms with E-state index in [0.29, 0.717) is 36.3 Å². The average Bonchev–Trinajstić information content (AvgIpc) is 3.11. The zero-order valence-electron chi connectivity index (χ0n) is 19.2. The Morgan fingerprint density at radius 3 is 2.49 bits per heavy atom. The maximum atomic E-state index is 13.3. The van der Waals surface area contributed by atoms with Crippen molar-refractivity contribution in [3.8, 4) is 11.5 Å². The van der Waals surface area contributed by atoms with Crippen molar-refractivity contribution in [2.75, 3.05) is 31.0 Å². The Balaban J connectivity index is 1.62. The first-order chi connectivity index (χ1) is 16.8. The van der Waals surface area contributed by atoms with Gasteiger partial charge in [0.15, 0.2) is 15.8 Å². The molecule has 0 atom stereocenters. The highest BCUT2D eigenvalue weighted by Crippen LogP contribution is 2.40. The predicted octanol–water partition coefficient (Wildman–Crippen LogP) is 7.05. The van der Waals surface area contributed by atoms with E-state index in [4.69, 9.17) is 44.9 Å². The van der Waals surface area contributed by atoms with Crippen LogP contribution in [0.1, 0.15) is 11.1 Å². The first-order valence-corrected chi connectivity index (χ1v) is 12.6. The number of carbonyl (C=O) groups is 1. The normalized spacial score (nSPS) is 14.5. The van der Waals surface area contributed by atoms with Gasteiger partial charge in [0.05, 0.1) is 17.7 Å². The van der Waals surface area contributed by atoms with E-state index in [1.54, 1.807) is 36.3 Å². The highest BCUT2D eigenvalue weighted by atomic mass is 35.5. The molecule has 1 saturated heterocycles. The van der Waals surface area contributed by atoms with Crippen molar-refractivity contribution in [3.05, 3.63) is 86.7 Å². The van der Waals surface area contributed by atoms with Crippen molar-refractivity contribution in [2.45, 2.75) is 6.61 Å². The van der Waals surface area contributed by atoms with Gasteiger partial charge in [0.2, 0.25) is 0 Å². The first-order valence-electron chi connectivity index (χ1n) is 10.6. The largest absolute Gasteiger partial charge is 0.493 e. The van der Waals surface area contributed by atoms with Crippen molar-refractivity contribution >= 4 is 74.9 Å². The van der Waals surface area contributed by atoms with Crippen LogP contribution < -0.4 is 19.3 Å². The molecule has 35 heavy (non-hydrogen) atoms. The molecule has 0 aliphatic carbocycles. The Labute approximate surface area is 224 Å². The van der Waals surface area contributed by atoms with Crippen LogP contribution in [-0.4, -0.2) is 31.4 Å². The molecule has 0 unspecified atom stereocenters. The van der Waals surface area contributed by atoms with Crippen molar-refractivity contribution in [3.63, 3.8) is 0 Å². The lowest BCUT2D eigenvalue weighted by Crippen LogP contribution is -2.27. The van der Waals surface area contributed by atoms with Crippen molar-refractivity contribution in [1.29, 1.82) is 0 Å². The van der Waals surface area contributed by atoms with Gasteiger partial charge in [-0.05, 0) is 48.5 Å². The number of ether oxygens (including phenoxy) is 2. The van der Waals surface area contributed by atoms with E-state index < -0.39 is 0 Å². The van der Waals surface area contributed by atoms with E-state index in [1.165, 1.54) is 11.8 Å². The second-order valence-corrected chi connectivity index (χ2v) is 10.4. The van der Waals surface area contributed by atoms with Crippen LogP contribution in [0.3, 0.4) is 0 Å². The average molecular weight is 546 g/mol. The molecule has 9 heteroatoms. The number of hydrogen-bond acceptors (Lipinski definition) is 6. The summed E-state index contributed by atoms with van der Waals surface area (Å²) < 4.78 is 12.1. The van der Waals surface area contributed by atoms with Gasteiger partial charge in [-0.25, -0.2) is 0 Å². The summed E-state index contributed by atoms with van der Waals surface area (Å²) in [5.74, 6) is 0.854. The molecule has 0 bridgehead atoms. The number of carbonyl (C=O) groups excluding carboxylic acids is 1. The molecule has 0 aromatic heterocycles. The highest BCUT2D eigenvalue weighted by molar-refractivity contribution is 8.27. The van der Waals surface area contributed by atoms with Crippen LogP contribution in [0.15, 0.2) is 65.6 Å². The molecule has 3 aromatic rings. The Hall–Kier alpha value is -2.71. The van der Waals surface area contributed by atoms with Crippen LogP contribution >= 0.6 is 47.2 Å². The van der Waals surface area contributed by atoms with Crippen LogP contribution in [0, 0.1) is 0 Å². The summed E-state index contributed by atoms with van der Waals surface area (Å²) in [5, 5.41) is 1.06. The number of nitrogens with zero attached hydrogens (tertiary/aromatic N) is 2. The lowest BCUT2D eigenvalue weighted by molar-refractivity contribution is -0.113. The van der Waals surface area contributed by atoms with Crippen molar-refractivity contribution < 1.29 is 14.3 Å². The minimum Gasteiger partial charge on any atom is -0.493 e. The van der Waals surface area contributed by atoms with Gasteiger partial charge in [-0.2, -0.15) is 0 Å². The molecule has 1 amide bonds. The number of thioether (sulfide) groups is 1. The number of amides is 1. The zero-order valence-corrected chi connectivity index (χ0v) is 22.4. The van der Waals surface area contributed by atoms with Gasteiger partial charge in [0.1, 0.15) is 6.61 Å². The van der Waals surface area contributed by atoms with Gasteiger partial charge < -0.3 is 14.4 Å². The summed E-state index contributed by atoms with van der Waals surface area (Å²) in [7, 11) is 5.50. The number of halogens is 2. The summed E-state index contributed by atoms with van der Waals surface area (Å²) >= 11 is 19.1. The number of para-hydroxylation sites is 1. The smallest absolute Gasteiger partial charge is 0.270 e. The van der Waals surface area contributed by atoms with Crippen LogP contribution in [0.4, 0.5) is 11.4 Å². The van der Waals surface area contributed by atoms with Gasteiger partial charge in [-0.15, -0.1) is 0 Å². The Kier molecular flexibility index (Phi) is 7.91. The van der Waals surface area contributed by atoms with Gasteiger partial charge in [-0.1, -0.05) is 65.4 Å². The predicted molar refractivity (Wildman–Crippen MR) is 150 cm³/mol. The van der Waals surface area contributed by atoms with E-state index in [9.17, 15) is 4.79 Å². The molecule has 1 heterocycles. The molecule has 0 radical (unpaired) electrons. The van der Waals surface area contributed by atoms with Gasteiger partial charge in [-0.3, -0.25) is 9.69 Å². The van der Waals surface area contributed by atoms with Crippen molar-refractivity contribution in [1.82, 2.24) is 0 Å². The summed E-state index contributed by atoms with van der Waals surface area (Å²) in [5.41, 5.74) is 3.23. The quantitative estimate of drug-likeness (QED) is 0.234. The van der Waals surface area contributed by atoms with E-state index in [2.05, 4.69) is 0 Å². The number of rotatable bonds is 7. The monoisotopic (exact) mass is 544 g/mol. The topological polar surface area (TPSA) is 42.0 Å². The molecule has 0 spiro atoms. The minimum absolute atomic E-state index is 0.188. The van der Waals surface area contributed by atoms with E-state index >= 15 is 0 Å². The van der Waals surface area contributed by atoms with E-state index in [0.717, 1.165) is 16.9 Å². The number of anilines is 2. The van der Waals surface area contributed by atoms with Gasteiger partial charge in [0.25, 0.3) is 5.91 Å². The molecule has 1 fully saturated rings. The molecule has 1 aliphatic heterocycles. The third kappa shape index (κ3) is 5.59. The molecular formula is C26H22Cl2N2O3S2. The molecule has 0 N–H and O–H groups in total. The Morgan fingerprint density at radius 1 is 1.09 bits per heavy atom. The summed E-state index contributed by atoms with van der Waals surface area (Å²) in [6.45, 7) is 0.205. The maximum absolute atomic E-state index is 13.3. The molecule has 1 aliphatic rings. The van der Waals surface area contributed by atoms with Crippen LogP contribution in [0.5, 0.6) is 11.5 Å². The summed E-state index contributed by atoms with van der Waals surface area (Å²) in [6.07, 6.45) is 1.77. The maximum Gasteiger partial charge on any atom is 0.270 e. The molecule has 4 rings (SSSR count). The number of methoxy groups -OCH3 is 1. The van der Waals surface area contributed by atoms with Gasteiger partial charge in [0, 0.05) is 41.0 Å². The number of thiocarbonyl (C=S) groups is 1. The summed E-state index contributed by atoms with van der Waals surface area (Å²) in [4.78, 5) is 17.3. The number of hydrogen-bond donors (Lipinski definition) is 0. The second kappa shape index (κ2) is 10.9. The van der Waals surface area contributed by atoms with Gasteiger partial charge >= 0.3 is 0 Å². The zero-order chi connectivity index (χ0) is 25.1. The molecule has 3 aromatic carbocycles. The van der Waals surface area contributed by atoms with E-state index in [1.807, 2.05) is 61.5 Å². The lowest BCUT2D eigenvalue weighted by atomic mass is 10.1. The molecule has 180 valence electrons. The molecule has 5 nitrogen and oxygen atoms in total. The van der Waals surface area contributed by atoms with E-state index in [-0.39, 0.29) is 12.5 Å². The minimum atomic E-state index is -0.188. The second-order valence-electron chi connectivity index (χ2n) is 7.83. The van der Waals surface area contributed by atoms with Crippen LogP contribution in [-0.2, 0) is 11.4 Å². The standard InChI is InChI=1S/C26H22Cl2N2O3S2/c1-29(2)19-9-11-20(12-10-19)30-25(31)23(35-26(30)34)13-16-5-4-6-22(32-3)24(16)33-15-17-7-8-18(27)14-21(17)28/h4-14H,15H2,1-3H3/b23-13+. The molecule has 0 saturated carbocycles.